The van der Waals surface area contributed by atoms with Gasteiger partial charge in [0.25, 0.3) is 5.91 Å². The summed E-state index contributed by atoms with van der Waals surface area (Å²) in [5, 5.41) is 6.87. The van der Waals surface area contributed by atoms with Gasteiger partial charge in [-0.05, 0) is 31.2 Å². The zero-order valence-electron chi connectivity index (χ0n) is 13.1. The highest BCUT2D eigenvalue weighted by atomic mass is 16.2. The van der Waals surface area contributed by atoms with Gasteiger partial charge >= 0.3 is 5.69 Å². The molecule has 0 saturated heterocycles. The van der Waals surface area contributed by atoms with E-state index in [1.807, 2.05) is 30.3 Å². The fourth-order valence-electron chi connectivity index (χ4n) is 3.07. The molecule has 2 N–H and O–H groups in total. The Bertz CT molecular complexity index is 958. The summed E-state index contributed by atoms with van der Waals surface area (Å²) in [4.78, 5) is 31.6. The molecule has 3 aromatic rings. The third kappa shape index (κ3) is 2.58. The SMILES string of the molecule is O=C(NCc1ccccc1)c1nc2c3c([nH]c(=O)n2n1)CCCC3. The molecule has 4 rings (SSSR count). The minimum Gasteiger partial charge on any atom is -0.345 e. The van der Waals surface area contributed by atoms with E-state index in [1.54, 1.807) is 0 Å². The lowest BCUT2D eigenvalue weighted by atomic mass is 9.97. The van der Waals surface area contributed by atoms with Crippen molar-refractivity contribution >= 4 is 11.6 Å². The summed E-state index contributed by atoms with van der Waals surface area (Å²) in [5.74, 6) is -0.359. The normalized spacial score (nSPS) is 13.7. The first kappa shape index (κ1) is 14.6. The zero-order valence-corrected chi connectivity index (χ0v) is 13.1. The average Bonchev–Trinajstić information content (AvgIpc) is 3.07. The van der Waals surface area contributed by atoms with Gasteiger partial charge in [-0.1, -0.05) is 30.3 Å². The Morgan fingerprint density at radius 2 is 2.00 bits per heavy atom. The average molecular weight is 323 g/mol. The van der Waals surface area contributed by atoms with Crippen LogP contribution in [0.5, 0.6) is 0 Å². The predicted octanol–water partition coefficient (Wildman–Crippen LogP) is 1.23. The van der Waals surface area contributed by atoms with Crippen molar-refractivity contribution in [1.29, 1.82) is 0 Å². The summed E-state index contributed by atoms with van der Waals surface area (Å²) in [5.41, 5.74) is 3.06. The van der Waals surface area contributed by atoms with Crippen molar-refractivity contribution in [1.82, 2.24) is 24.9 Å². The third-order valence-corrected chi connectivity index (χ3v) is 4.29. The van der Waals surface area contributed by atoms with Crippen LogP contribution < -0.4 is 11.0 Å². The Balaban J connectivity index is 1.64. The molecule has 7 heteroatoms. The molecule has 7 nitrogen and oxygen atoms in total. The molecule has 0 fully saturated rings. The first-order valence-corrected chi connectivity index (χ1v) is 8.05. The van der Waals surface area contributed by atoms with Crippen LogP contribution in [0, 0.1) is 0 Å². The van der Waals surface area contributed by atoms with Gasteiger partial charge in [0.15, 0.2) is 5.65 Å². The van der Waals surface area contributed by atoms with E-state index in [9.17, 15) is 9.59 Å². The zero-order chi connectivity index (χ0) is 16.5. The maximum absolute atomic E-state index is 12.3. The maximum atomic E-state index is 12.3. The number of carbonyl (C=O) groups excluding carboxylic acids is 1. The summed E-state index contributed by atoms with van der Waals surface area (Å²) < 4.78 is 1.20. The number of hydrogen-bond donors (Lipinski definition) is 2. The van der Waals surface area contributed by atoms with E-state index in [-0.39, 0.29) is 17.4 Å². The van der Waals surface area contributed by atoms with Crippen LogP contribution in [0.4, 0.5) is 0 Å². The van der Waals surface area contributed by atoms with Gasteiger partial charge in [-0.25, -0.2) is 9.78 Å². The first-order chi connectivity index (χ1) is 11.7. The molecule has 0 radical (unpaired) electrons. The maximum Gasteiger partial charge on any atom is 0.348 e. The lowest BCUT2D eigenvalue weighted by molar-refractivity contribution is 0.0940. The number of rotatable bonds is 3. The molecule has 1 aliphatic rings. The second kappa shape index (κ2) is 5.92. The van der Waals surface area contributed by atoms with Crippen molar-refractivity contribution in [2.45, 2.75) is 32.2 Å². The van der Waals surface area contributed by atoms with E-state index in [0.29, 0.717) is 12.2 Å². The highest BCUT2D eigenvalue weighted by Gasteiger charge is 2.20. The van der Waals surface area contributed by atoms with Gasteiger partial charge in [0.05, 0.1) is 0 Å². The van der Waals surface area contributed by atoms with Crippen LogP contribution in [0.25, 0.3) is 5.65 Å². The number of fused-ring (bicyclic) bond motifs is 3. The molecular formula is C17H17N5O2. The Morgan fingerprint density at radius 1 is 1.21 bits per heavy atom. The molecule has 0 unspecified atom stereocenters. The fourth-order valence-corrected chi connectivity index (χ4v) is 3.07. The molecular weight excluding hydrogens is 306 g/mol. The highest BCUT2D eigenvalue weighted by molar-refractivity contribution is 5.91. The van der Waals surface area contributed by atoms with Gasteiger partial charge in [-0.3, -0.25) is 4.79 Å². The summed E-state index contributed by atoms with van der Waals surface area (Å²) in [6.07, 6.45) is 3.79. The first-order valence-electron chi connectivity index (χ1n) is 8.05. The minimum atomic E-state index is -0.383. The van der Waals surface area contributed by atoms with E-state index in [1.165, 1.54) is 4.52 Å². The molecule has 2 aromatic heterocycles. The largest absolute Gasteiger partial charge is 0.348 e. The van der Waals surface area contributed by atoms with Crippen LogP contribution in [0.3, 0.4) is 0 Å². The second-order valence-electron chi connectivity index (χ2n) is 5.93. The number of hydrogen-bond acceptors (Lipinski definition) is 4. The summed E-state index contributed by atoms with van der Waals surface area (Å²) >= 11 is 0. The van der Waals surface area contributed by atoms with E-state index >= 15 is 0 Å². The molecule has 1 amide bonds. The van der Waals surface area contributed by atoms with Crippen LogP contribution in [-0.2, 0) is 19.4 Å². The van der Waals surface area contributed by atoms with Crippen LogP contribution in [-0.4, -0.2) is 25.5 Å². The monoisotopic (exact) mass is 323 g/mol. The molecule has 0 spiro atoms. The number of amides is 1. The van der Waals surface area contributed by atoms with Crippen molar-refractivity contribution in [3.05, 3.63) is 63.5 Å². The summed E-state index contributed by atoms with van der Waals surface area (Å²) in [7, 11) is 0. The van der Waals surface area contributed by atoms with Crippen molar-refractivity contribution in [2.24, 2.45) is 0 Å². The summed E-state index contributed by atoms with van der Waals surface area (Å²) in [6.45, 7) is 0.393. The number of carbonyl (C=O) groups is 1. The number of nitrogens with zero attached hydrogens (tertiary/aromatic N) is 3. The summed E-state index contributed by atoms with van der Waals surface area (Å²) in [6, 6.07) is 9.61. The predicted molar refractivity (Wildman–Crippen MR) is 87.9 cm³/mol. The van der Waals surface area contributed by atoms with E-state index in [4.69, 9.17) is 0 Å². The van der Waals surface area contributed by atoms with Crippen molar-refractivity contribution < 1.29 is 4.79 Å². The number of aromatic nitrogens is 4. The Labute approximate surface area is 137 Å². The lowest BCUT2D eigenvalue weighted by Gasteiger charge is -2.14. The van der Waals surface area contributed by atoms with Gasteiger partial charge in [-0.2, -0.15) is 4.52 Å². The molecule has 0 saturated carbocycles. The van der Waals surface area contributed by atoms with Crippen LogP contribution in [0.1, 0.15) is 40.3 Å². The van der Waals surface area contributed by atoms with Gasteiger partial charge < -0.3 is 10.3 Å². The smallest absolute Gasteiger partial charge is 0.345 e. The van der Waals surface area contributed by atoms with E-state index in [2.05, 4.69) is 20.4 Å². The van der Waals surface area contributed by atoms with Gasteiger partial charge in [0.1, 0.15) is 0 Å². The highest BCUT2D eigenvalue weighted by Crippen LogP contribution is 2.21. The number of benzene rings is 1. The fraction of sp³-hybridized carbons (Fsp3) is 0.294. The van der Waals surface area contributed by atoms with Crippen molar-refractivity contribution in [3.63, 3.8) is 0 Å². The van der Waals surface area contributed by atoms with Crippen LogP contribution in [0.15, 0.2) is 35.1 Å². The Hall–Kier alpha value is -2.96. The quantitative estimate of drug-likeness (QED) is 0.758. The Kier molecular flexibility index (Phi) is 3.60. The topological polar surface area (TPSA) is 92.1 Å². The molecule has 24 heavy (non-hydrogen) atoms. The van der Waals surface area contributed by atoms with E-state index < -0.39 is 0 Å². The Morgan fingerprint density at radius 3 is 2.83 bits per heavy atom. The second-order valence-corrected chi connectivity index (χ2v) is 5.93. The van der Waals surface area contributed by atoms with Crippen molar-refractivity contribution in [2.75, 3.05) is 0 Å². The molecule has 2 heterocycles. The molecule has 0 aliphatic heterocycles. The van der Waals surface area contributed by atoms with Gasteiger partial charge in [0, 0.05) is 17.8 Å². The van der Waals surface area contributed by atoms with E-state index in [0.717, 1.165) is 42.5 Å². The molecule has 1 aromatic carbocycles. The lowest BCUT2D eigenvalue weighted by Crippen LogP contribution is -2.25. The van der Waals surface area contributed by atoms with Crippen LogP contribution >= 0.6 is 0 Å². The number of H-pyrrole nitrogens is 1. The standard InChI is InChI=1S/C17H17N5O2/c23-16(18-10-11-6-2-1-3-7-11)14-20-15-12-8-4-5-9-13(12)19-17(24)22(15)21-14/h1-3,6-7H,4-5,8-10H2,(H,18,23)(H,19,24). The number of aromatic amines is 1. The molecule has 1 aliphatic carbocycles. The van der Waals surface area contributed by atoms with Crippen LogP contribution in [0.2, 0.25) is 0 Å². The minimum absolute atomic E-state index is 0.0235. The molecule has 0 bridgehead atoms. The number of nitrogens with one attached hydrogen (secondary N) is 2. The molecule has 122 valence electrons. The molecule has 0 atom stereocenters. The van der Waals surface area contributed by atoms with Gasteiger partial charge in [-0.15, -0.1) is 5.10 Å². The van der Waals surface area contributed by atoms with Crippen molar-refractivity contribution in [3.8, 4) is 0 Å². The third-order valence-electron chi connectivity index (χ3n) is 4.29. The number of aryl methyl sites for hydroxylation is 2. The van der Waals surface area contributed by atoms with Gasteiger partial charge in [0.2, 0.25) is 5.82 Å².